The van der Waals surface area contributed by atoms with Gasteiger partial charge in [-0.05, 0) is 46.2 Å². The average Bonchev–Trinajstić information content (AvgIpc) is 3.07. The molecule has 0 bridgehead atoms. The SMILES string of the molecule is CC(NCCC(NC(=O)OC(C)(C)C)c1ccccc1)c1cn[nH]c1. The van der Waals surface area contributed by atoms with Crippen molar-refractivity contribution in [3.63, 3.8) is 0 Å². The van der Waals surface area contributed by atoms with E-state index in [0.717, 1.165) is 24.1 Å². The molecule has 0 aliphatic heterocycles. The summed E-state index contributed by atoms with van der Waals surface area (Å²) in [7, 11) is 0. The number of H-pyrrole nitrogens is 1. The number of benzene rings is 1. The molecule has 0 spiro atoms. The van der Waals surface area contributed by atoms with Crippen LogP contribution < -0.4 is 10.6 Å². The fourth-order valence-corrected chi connectivity index (χ4v) is 2.52. The Hall–Kier alpha value is -2.34. The summed E-state index contributed by atoms with van der Waals surface area (Å²) in [6.45, 7) is 8.42. The molecule has 1 amide bonds. The van der Waals surface area contributed by atoms with Crippen LogP contribution in [0, 0.1) is 0 Å². The summed E-state index contributed by atoms with van der Waals surface area (Å²) < 4.78 is 5.39. The average molecular weight is 344 g/mol. The molecule has 6 heteroatoms. The minimum absolute atomic E-state index is 0.111. The molecule has 0 saturated heterocycles. The summed E-state index contributed by atoms with van der Waals surface area (Å²) in [6, 6.07) is 10.0. The van der Waals surface area contributed by atoms with Gasteiger partial charge in [0.25, 0.3) is 0 Å². The molecule has 0 fully saturated rings. The van der Waals surface area contributed by atoms with Gasteiger partial charge >= 0.3 is 6.09 Å². The fourth-order valence-electron chi connectivity index (χ4n) is 2.52. The molecule has 0 aliphatic rings. The quantitative estimate of drug-likeness (QED) is 0.715. The highest BCUT2D eigenvalue weighted by Gasteiger charge is 2.20. The summed E-state index contributed by atoms with van der Waals surface area (Å²) in [5, 5.41) is 13.2. The van der Waals surface area contributed by atoms with Crippen LogP contribution in [-0.2, 0) is 4.74 Å². The molecule has 0 aliphatic carbocycles. The van der Waals surface area contributed by atoms with Crippen molar-refractivity contribution in [2.75, 3.05) is 6.54 Å². The largest absolute Gasteiger partial charge is 0.444 e. The van der Waals surface area contributed by atoms with Crippen LogP contribution in [-0.4, -0.2) is 28.4 Å². The van der Waals surface area contributed by atoms with E-state index in [-0.39, 0.29) is 12.1 Å². The predicted octanol–water partition coefficient (Wildman–Crippen LogP) is 3.72. The van der Waals surface area contributed by atoms with Crippen LogP contribution in [0.3, 0.4) is 0 Å². The van der Waals surface area contributed by atoms with Crippen LogP contribution in [0.25, 0.3) is 0 Å². The van der Waals surface area contributed by atoms with Crippen molar-refractivity contribution >= 4 is 6.09 Å². The summed E-state index contributed by atoms with van der Waals surface area (Å²) >= 11 is 0. The Bertz CT molecular complexity index is 635. The number of carbonyl (C=O) groups is 1. The number of hydrogen-bond acceptors (Lipinski definition) is 4. The number of ether oxygens (including phenoxy) is 1. The number of hydrogen-bond donors (Lipinski definition) is 3. The first-order valence-electron chi connectivity index (χ1n) is 8.61. The van der Waals surface area contributed by atoms with E-state index in [2.05, 4.69) is 27.8 Å². The third-order valence-electron chi connectivity index (χ3n) is 3.80. The minimum Gasteiger partial charge on any atom is -0.444 e. The number of amides is 1. The van der Waals surface area contributed by atoms with Gasteiger partial charge in [0, 0.05) is 17.8 Å². The molecule has 136 valence electrons. The van der Waals surface area contributed by atoms with Gasteiger partial charge in [-0.25, -0.2) is 4.79 Å². The van der Waals surface area contributed by atoms with Crippen LogP contribution in [0.1, 0.15) is 57.3 Å². The van der Waals surface area contributed by atoms with Crippen molar-refractivity contribution in [2.45, 2.75) is 51.8 Å². The van der Waals surface area contributed by atoms with E-state index in [4.69, 9.17) is 4.74 Å². The van der Waals surface area contributed by atoms with E-state index in [1.807, 2.05) is 63.5 Å². The molecule has 25 heavy (non-hydrogen) atoms. The zero-order valence-electron chi connectivity index (χ0n) is 15.4. The number of carbonyl (C=O) groups excluding carboxylic acids is 1. The molecule has 2 atom stereocenters. The van der Waals surface area contributed by atoms with E-state index >= 15 is 0 Å². The molecular formula is C19H28N4O2. The Morgan fingerprint density at radius 3 is 2.56 bits per heavy atom. The standard InChI is InChI=1S/C19H28N4O2/c1-14(16-12-21-22-13-16)20-11-10-17(15-8-6-5-7-9-15)23-18(24)25-19(2,3)4/h5-9,12-14,17,20H,10-11H2,1-4H3,(H,21,22)(H,23,24). The van der Waals surface area contributed by atoms with Crippen molar-refractivity contribution in [1.82, 2.24) is 20.8 Å². The van der Waals surface area contributed by atoms with Crippen molar-refractivity contribution in [2.24, 2.45) is 0 Å². The molecule has 1 aromatic heterocycles. The molecule has 1 heterocycles. The number of aromatic amines is 1. The third-order valence-corrected chi connectivity index (χ3v) is 3.80. The number of aromatic nitrogens is 2. The monoisotopic (exact) mass is 344 g/mol. The first-order valence-corrected chi connectivity index (χ1v) is 8.61. The van der Waals surface area contributed by atoms with Crippen molar-refractivity contribution in [3.05, 3.63) is 53.9 Å². The van der Waals surface area contributed by atoms with Gasteiger partial charge in [0.1, 0.15) is 5.60 Å². The lowest BCUT2D eigenvalue weighted by Crippen LogP contribution is -2.36. The number of alkyl carbamates (subject to hydrolysis) is 1. The van der Waals surface area contributed by atoms with Gasteiger partial charge in [-0.2, -0.15) is 5.10 Å². The summed E-state index contributed by atoms with van der Waals surface area (Å²) in [4.78, 5) is 12.2. The zero-order chi connectivity index (χ0) is 18.3. The molecule has 6 nitrogen and oxygen atoms in total. The maximum atomic E-state index is 12.2. The number of nitrogens with zero attached hydrogens (tertiary/aromatic N) is 1. The first kappa shape index (κ1) is 19.0. The molecule has 2 unspecified atom stereocenters. The van der Waals surface area contributed by atoms with Crippen molar-refractivity contribution in [1.29, 1.82) is 0 Å². The lowest BCUT2D eigenvalue weighted by molar-refractivity contribution is 0.0501. The van der Waals surface area contributed by atoms with Crippen LogP contribution in [0.2, 0.25) is 0 Å². The second kappa shape index (κ2) is 8.67. The van der Waals surface area contributed by atoms with Crippen molar-refractivity contribution in [3.8, 4) is 0 Å². The van der Waals surface area contributed by atoms with Crippen LogP contribution in [0.15, 0.2) is 42.7 Å². The minimum atomic E-state index is -0.515. The van der Waals surface area contributed by atoms with E-state index in [1.165, 1.54) is 0 Å². The summed E-state index contributed by atoms with van der Waals surface area (Å²) in [5.41, 5.74) is 1.65. The highest BCUT2D eigenvalue weighted by molar-refractivity contribution is 5.68. The van der Waals surface area contributed by atoms with Gasteiger partial charge in [0.15, 0.2) is 0 Å². The topological polar surface area (TPSA) is 79.0 Å². The molecule has 0 saturated carbocycles. The highest BCUT2D eigenvalue weighted by atomic mass is 16.6. The van der Waals surface area contributed by atoms with E-state index in [9.17, 15) is 4.79 Å². The zero-order valence-corrected chi connectivity index (χ0v) is 15.4. The first-order chi connectivity index (χ1) is 11.8. The van der Waals surface area contributed by atoms with Crippen LogP contribution in [0.5, 0.6) is 0 Å². The maximum Gasteiger partial charge on any atom is 0.408 e. The lowest BCUT2D eigenvalue weighted by Gasteiger charge is -2.24. The molecule has 1 aromatic carbocycles. The molecule has 2 aromatic rings. The van der Waals surface area contributed by atoms with Gasteiger partial charge in [-0.3, -0.25) is 5.10 Å². The van der Waals surface area contributed by atoms with Gasteiger partial charge in [0.2, 0.25) is 0 Å². The molecule has 3 N–H and O–H groups in total. The normalized spacial score (nSPS) is 13.9. The van der Waals surface area contributed by atoms with Crippen LogP contribution >= 0.6 is 0 Å². The van der Waals surface area contributed by atoms with E-state index in [1.54, 1.807) is 0 Å². The van der Waals surface area contributed by atoms with Gasteiger partial charge in [-0.1, -0.05) is 30.3 Å². The summed E-state index contributed by atoms with van der Waals surface area (Å²) in [5.74, 6) is 0. The van der Waals surface area contributed by atoms with Gasteiger partial charge in [0.05, 0.1) is 12.2 Å². The van der Waals surface area contributed by atoms with Gasteiger partial charge < -0.3 is 15.4 Å². The van der Waals surface area contributed by atoms with Gasteiger partial charge in [-0.15, -0.1) is 0 Å². The fraction of sp³-hybridized carbons (Fsp3) is 0.474. The highest BCUT2D eigenvalue weighted by Crippen LogP contribution is 2.18. The summed E-state index contributed by atoms with van der Waals surface area (Å²) in [6.07, 6.45) is 4.05. The lowest BCUT2D eigenvalue weighted by atomic mass is 10.0. The molecular weight excluding hydrogens is 316 g/mol. The maximum absolute atomic E-state index is 12.2. The Kier molecular flexibility index (Phi) is 6.58. The Balaban J connectivity index is 1.94. The molecule has 0 radical (unpaired) electrons. The van der Waals surface area contributed by atoms with Crippen molar-refractivity contribution < 1.29 is 9.53 Å². The smallest absolute Gasteiger partial charge is 0.408 e. The second-order valence-electron chi connectivity index (χ2n) is 7.11. The van der Waals surface area contributed by atoms with E-state index < -0.39 is 11.7 Å². The Labute approximate surface area is 149 Å². The second-order valence-corrected chi connectivity index (χ2v) is 7.11. The third kappa shape index (κ3) is 6.58. The Morgan fingerprint density at radius 2 is 1.96 bits per heavy atom. The van der Waals surface area contributed by atoms with E-state index in [0.29, 0.717) is 0 Å². The Morgan fingerprint density at radius 1 is 1.24 bits per heavy atom. The predicted molar refractivity (Wildman–Crippen MR) is 98.2 cm³/mol. The number of rotatable bonds is 7. The molecule has 2 rings (SSSR count). The van der Waals surface area contributed by atoms with Crippen LogP contribution in [0.4, 0.5) is 4.79 Å². The number of nitrogens with one attached hydrogen (secondary N) is 3.